The molecule has 0 unspecified atom stereocenters. The van der Waals surface area contributed by atoms with Crippen LogP contribution in [0.4, 0.5) is 0 Å². The highest BCUT2D eigenvalue weighted by molar-refractivity contribution is 6.30. The van der Waals surface area contributed by atoms with Crippen LogP contribution in [0.5, 0.6) is 5.75 Å². The number of ether oxygens (including phenoxy) is 1. The van der Waals surface area contributed by atoms with Crippen LogP contribution < -0.4 is 4.74 Å². The number of rotatable bonds is 6. The molecule has 0 radical (unpaired) electrons. The van der Waals surface area contributed by atoms with Gasteiger partial charge in [-0.3, -0.25) is 4.79 Å². The molecule has 1 fully saturated rings. The second-order valence-electron chi connectivity index (χ2n) is 6.94. The van der Waals surface area contributed by atoms with Crippen molar-refractivity contribution >= 4 is 28.5 Å². The number of likely N-dealkylation sites (tertiary alicyclic amines) is 1. The van der Waals surface area contributed by atoms with Gasteiger partial charge >= 0.3 is 0 Å². The molecule has 1 saturated heterocycles. The van der Waals surface area contributed by atoms with Crippen LogP contribution in [0.2, 0.25) is 5.02 Å². The minimum absolute atomic E-state index is 0.145. The normalized spacial score (nSPS) is 17.0. The zero-order valence-corrected chi connectivity index (χ0v) is 16.0. The number of amides is 1. The Hall–Kier alpha value is -2.53. The van der Waals surface area contributed by atoms with Gasteiger partial charge in [-0.2, -0.15) is 0 Å². The standard InChI is InChI=1S/C21H22ClN3O2/c1-24-14-15(13-20(24)26)21-23-18-5-2-3-6-19(18)25(21)11-4-12-27-17-9-7-16(22)8-10-17/h2-3,5-10,15H,4,11-14H2,1H3/t15-/m0/s1. The Kier molecular flexibility index (Phi) is 5.03. The summed E-state index contributed by atoms with van der Waals surface area (Å²) >= 11 is 5.90. The van der Waals surface area contributed by atoms with Crippen molar-refractivity contribution in [2.45, 2.75) is 25.3 Å². The topological polar surface area (TPSA) is 47.4 Å². The number of aromatic nitrogens is 2. The fraction of sp³-hybridized carbons (Fsp3) is 0.333. The zero-order chi connectivity index (χ0) is 18.8. The largest absolute Gasteiger partial charge is 0.494 e. The van der Waals surface area contributed by atoms with E-state index in [0.29, 0.717) is 18.1 Å². The number of likely N-dealkylation sites (N-methyl/N-ethyl adjacent to an activating group) is 1. The fourth-order valence-corrected chi connectivity index (χ4v) is 3.75. The van der Waals surface area contributed by atoms with Crippen LogP contribution in [0.15, 0.2) is 48.5 Å². The maximum atomic E-state index is 12.0. The molecule has 27 heavy (non-hydrogen) atoms. The van der Waals surface area contributed by atoms with Crippen molar-refractivity contribution in [1.29, 1.82) is 0 Å². The van der Waals surface area contributed by atoms with Crippen molar-refractivity contribution in [3.8, 4) is 5.75 Å². The van der Waals surface area contributed by atoms with Gasteiger partial charge in [0.05, 0.1) is 17.6 Å². The van der Waals surface area contributed by atoms with Crippen LogP contribution >= 0.6 is 11.6 Å². The lowest BCUT2D eigenvalue weighted by Crippen LogP contribution is -2.19. The van der Waals surface area contributed by atoms with Crippen LogP contribution in [0.1, 0.15) is 24.6 Å². The molecule has 1 aliphatic rings. The average molecular weight is 384 g/mol. The molecule has 0 aliphatic carbocycles. The molecule has 5 nitrogen and oxygen atoms in total. The van der Waals surface area contributed by atoms with E-state index in [1.165, 1.54) is 0 Å². The van der Waals surface area contributed by atoms with E-state index in [1.807, 2.05) is 49.5 Å². The van der Waals surface area contributed by atoms with E-state index in [0.717, 1.165) is 42.1 Å². The predicted molar refractivity (Wildman–Crippen MR) is 106 cm³/mol. The average Bonchev–Trinajstić information content (AvgIpc) is 3.20. The van der Waals surface area contributed by atoms with Gasteiger partial charge in [0.25, 0.3) is 0 Å². The third-order valence-electron chi connectivity index (χ3n) is 5.00. The first-order valence-corrected chi connectivity index (χ1v) is 9.57. The van der Waals surface area contributed by atoms with Gasteiger partial charge in [-0.1, -0.05) is 23.7 Å². The van der Waals surface area contributed by atoms with Crippen molar-refractivity contribution in [2.24, 2.45) is 0 Å². The Labute approximate surface area is 163 Å². The Morgan fingerprint density at radius 3 is 2.70 bits per heavy atom. The maximum Gasteiger partial charge on any atom is 0.223 e. The second-order valence-corrected chi connectivity index (χ2v) is 7.38. The molecule has 6 heteroatoms. The number of benzene rings is 2. The van der Waals surface area contributed by atoms with Gasteiger partial charge in [-0.05, 0) is 42.8 Å². The number of imidazole rings is 1. The highest BCUT2D eigenvalue weighted by Crippen LogP contribution is 2.29. The number of hydrogen-bond donors (Lipinski definition) is 0. The lowest BCUT2D eigenvalue weighted by Gasteiger charge is -2.14. The highest BCUT2D eigenvalue weighted by Gasteiger charge is 2.31. The number of carbonyl (C=O) groups excluding carboxylic acids is 1. The number of para-hydroxylation sites is 2. The summed E-state index contributed by atoms with van der Waals surface area (Å²) in [6, 6.07) is 15.5. The summed E-state index contributed by atoms with van der Waals surface area (Å²) in [5.41, 5.74) is 2.09. The smallest absolute Gasteiger partial charge is 0.223 e. The molecule has 1 atom stereocenters. The first-order valence-electron chi connectivity index (χ1n) is 9.19. The minimum atomic E-state index is 0.145. The van der Waals surface area contributed by atoms with Gasteiger partial charge in [0.2, 0.25) is 5.91 Å². The number of hydrogen-bond acceptors (Lipinski definition) is 3. The molecule has 0 N–H and O–H groups in total. The summed E-state index contributed by atoms with van der Waals surface area (Å²) in [7, 11) is 1.86. The number of nitrogens with zero attached hydrogens (tertiary/aromatic N) is 3. The number of aryl methyl sites for hydroxylation is 1. The first kappa shape index (κ1) is 17.9. The molecule has 2 aromatic carbocycles. The second kappa shape index (κ2) is 7.61. The van der Waals surface area contributed by atoms with E-state index < -0.39 is 0 Å². The van der Waals surface area contributed by atoms with Crippen LogP contribution in [0.3, 0.4) is 0 Å². The highest BCUT2D eigenvalue weighted by atomic mass is 35.5. The SMILES string of the molecule is CN1C[C@@H](c2nc3ccccc3n2CCCOc2ccc(Cl)cc2)CC1=O. The maximum absolute atomic E-state index is 12.0. The van der Waals surface area contributed by atoms with Crippen molar-refractivity contribution in [3.05, 3.63) is 59.4 Å². The van der Waals surface area contributed by atoms with Crippen LogP contribution in [0.25, 0.3) is 11.0 Å². The number of fused-ring (bicyclic) bond motifs is 1. The van der Waals surface area contributed by atoms with E-state index in [2.05, 4.69) is 10.6 Å². The summed E-state index contributed by atoms with van der Waals surface area (Å²) < 4.78 is 8.06. The van der Waals surface area contributed by atoms with E-state index in [9.17, 15) is 4.79 Å². The van der Waals surface area contributed by atoms with Gasteiger partial charge in [0, 0.05) is 37.5 Å². The van der Waals surface area contributed by atoms with Crippen LogP contribution in [-0.2, 0) is 11.3 Å². The summed E-state index contributed by atoms with van der Waals surface area (Å²) in [5, 5.41) is 0.702. The minimum Gasteiger partial charge on any atom is -0.494 e. The molecule has 3 aromatic rings. The van der Waals surface area contributed by atoms with Crippen molar-refractivity contribution in [1.82, 2.24) is 14.5 Å². The van der Waals surface area contributed by atoms with E-state index in [1.54, 1.807) is 4.90 Å². The number of carbonyl (C=O) groups is 1. The van der Waals surface area contributed by atoms with Crippen LogP contribution in [-0.4, -0.2) is 40.6 Å². The van der Waals surface area contributed by atoms with Gasteiger partial charge in [-0.25, -0.2) is 4.98 Å². The molecular weight excluding hydrogens is 362 g/mol. The van der Waals surface area contributed by atoms with Gasteiger partial charge in [0.1, 0.15) is 11.6 Å². The van der Waals surface area contributed by atoms with Gasteiger partial charge in [-0.15, -0.1) is 0 Å². The predicted octanol–water partition coefficient (Wildman–Crippen LogP) is 4.10. The molecule has 1 aromatic heterocycles. The quantitative estimate of drug-likeness (QED) is 0.602. The molecule has 0 spiro atoms. The van der Waals surface area contributed by atoms with Gasteiger partial charge in [0.15, 0.2) is 0 Å². The lowest BCUT2D eigenvalue weighted by molar-refractivity contribution is -0.126. The molecule has 0 saturated carbocycles. The Balaban J connectivity index is 1.49. The Morgan fingerprint density at radius 2 is 1.96 bits per heavy atom. The van der Waals surface area contributed by atoms with Crippen molar-refractivity contribution in [2.75, 3.05) is 20.2 Å². The third kappa shape index (κ3) is 3.78. The molecule has 4 rings (SSSR count). The van der Waals surface area contributed by atoms with Crippen LogP contribution in [0, 0.1) is 0 Å². The third-order valence-corrected chi connectivity index (χ3v) is 5.25. The molecule has 140 valence electrons. The van der Waals surface area contributed by atoms with E-state index >= 15 is 0 Å². The molecule has 1 amide bonds. The first-order chi connectivity index (χ1) is 13.1. The molecular formula is C21H22ClN3O2. The van der Waals surface area contributed by atoms with Crippen molar-refractivity contribution in [3.63, 3.8) is 0 Å². The molecule has 0 bridgehead atoms. The molecule has 2 heterocycles. The zero-order valence-electron chi connectivity index (χ0n) is 15.3. The fourth-order valence-electron chi connectivity index (χ4n) is 3.62. The summed E-state index contributed by atoms with van der Waals surface area (Å²) in [4.78, 5) is 18.6. The van der Waals surface area contributed by atoms with Crippen molar-refractivity contribution < 1.29 is 9.53 Å². The summed E-state index contributed by atoms with van der Waals surface area (Å²) in [5.74, 6) is 2.15. The van der Waals surface area contributed by atoms with E-state index in [4.69, 9.17) is 21.3 Å². The van der Waals surface area contributed by atoms with E-state index in [-0.39, 0.29) is 11.8 Å². The number of halogens is 1. The summed E-state index contributed by atoms with van der Waals surface area (Å²) in [6.07, 6.45) is 1.38. The Morgan fingerprint density at radius 1 is 1.19 bits per heavy atom. The molecule has 1 aliphatic heterocycles. The monoisotopic (exact) mass is 383 g/mol. The lowest BCUT2D eigenvalue weighted by atomic mass is 10.1. The van der Waals surface area contributed by atoms with Gasteiger partial charge < -0.3 is 14.2 Å². The summed E-state index contributed by atoms with van der Waals surface area (Å²) in [6.45, 7) is 2.14. The Bertz CT molecular complexity index is 952.